The number of primary amides is 1. The van der Waals surface area contributed by atoms with Crippen LogP contribution in [0.15, 0.2) is 18.2 Å². The van der Waals surface area contributed by atoms with Gasteiger partial charge in [-0.3, -0.25) is 4.79 Å². The maximum absolute atomic E-state index is 11.3. The predicted molar refractivity (Wildman–Crippen MR) is 70.9 cm³/mol. The highest BCUT2D eigenvalue weighted by Crippen LogP contribution is 2.29. The van der Waals surface area contributed by atoms with Crippen LogP contribution >= 0.6 is 11.6 Å². The normalized spacial score (nSPS) is 17.7. The summed E-state index contributed by atoms with van der Waals surface area (Å²) in [6, 6.07) is 4.83. The van der Waals surface area contributed by atoms with Crippen molar-refractivity contribution in [2.24, 2.45) is 11.5 Å². The van der Waals surface area contributed by atoms with Gasteiger partial charge in [-0.25, -0.2) is 0 Å². The van der Waals surface area contributed by atoms with Gasteiger partial charge in [0, 0.05) is 5.02 Å². The van der Waals surface area contributed by atoms with Crippen molar-refractivity contribution < 1.29 is 9.53 Å². The van der Waals surface area contributed by atoms with Gasteiger partial charge in [0.2, 0.25) is 0 Å². The molecule has 1 fully saturated rings. The van der Waals surface area contributed by atoms with Crippen molar-refractivity contribution in [3.63, 3.8) is 0 Å². The van der Waals surface area contributed by atoms with Crippen molar-refractivity contribution in [1.82, 2.24) is 0 Å². The van der Waals surface area contributed by atoms with Crippen LogP contribution in [0.5, 0.6) is 5.75 Å². The molecule has 0 spiro atoms. The molecule has 4 nitrogen and oxygen atoms in total. The molecule has 1 aromatic carbocycles. The van der Waals surface area contributed by atoms with E-state index in [0.717, 1.165) is 25.7 Å². The highest BCUT2D eigenvalue weighted by molar-refractivity contribution is 6.31. The average molecular weight is 269 g/mol. The largest absolute Gasteiger partial charge is 0.491 e. The Morgan fingerprint density at radius 2 is 2.06 bits per heavy atom. The van der Waals surface area contributed by atoms with E-state index in [1.54, 1.807) is 12.1 Å². The quantitative estimate of drug-likeness (QED) is 0.878. The maximum atomic E-state index is 11.3. The van der Waals surface area contributed by atoms with E-state index >= 15 is 0 Å². The van der Waals surface area contributed by atoms with Crippen molar-refractivity contribution in [2.75, 3.05) is 6.61 Å². The van der Waals surface area contributed by atoms with Crippen molar-refractivity contribution in [2.45, 2.75) is 31.2 Å². The van der Waals surface area contributed by atoms with E-state index in [2.05, 4.69) is 0 Å². The number of ether oxygens (including phenoxy) is 1. The first-order chi connectivity index (χ1) is 8.50. The van der Waals surface area contributed by atoms with Crippen molar-refractivity contribution in [1.29, 1.82) is 0 Å². The van der Waals surface area contributed by atoms with Crippen LogP contribution in [0, 0.1) is 0 Å². The fourth-order valence-electron chi connectivity index (χ4n) is 2.27. The summed E-state index contributed by atoms with van der Waals surface area (Å²) in [6.45, 7) is 0.398. The van der Waals surface area contributed by atoms with Gasteiger partial charge in [-0.2, -0.15) is 0 Å². The van der Waals surface area contributed by atoms with Crippen LogP contribution in [0.2, 0.25) is 5.02 Å². The molecule has 0 heterocycles. The lowest BCUT2D eigenvalue weighted by molar-refractivity contribution is 0.0994. The summed E-state index contributed by atoms with van der Waals surface area (Å²) >= 11 is 5.83. The summed E-state index contributed by atoms with van der Waals surface area (Å²) in [6.07, 6.45) is 4.16. The second-order valence-corrected chi connectivity index (χ2v) is 5.30. The van der Waals surface area contributed by atoms with E-state index in [1.165, 1.54) is 6.07 Å². The summed E-state index contributed by atoms with van der Waals surface area (Å²) in [5, 5.41) is 0.458. The minimum atomic E-state index is -0.551. The molecule has 98 valence electrons. The number of carbonyl (C=O) groups excluding carboxylic acids is 1. The minimum absolute atomic E-state index is 0.283. The van der Waals surface area contributed by atoms with Crippen LogP contribution in [0.1, 0.15) is 36.0 Å². The second kappa shape index (κ2) is 5.16. The fraction of sp³-hybridized carbons (Fsp3) is 0.462. The first kappa shape index (κ1) is 13.2. The lowest BCUT2D eigenvalue weighted by Gasteiger charge is -2.24. The number of carbonyl (C=O) groups is 1. The summed E-state index contributed by atoms with van der Waals surface area (Å²) in [7, 11) is 0. The van der Waals surface area contributed by atoms with Crippen LogP contribution in [0.4, 0.5) is 0 Å². The van der Waals surface area contributed by atoms with Crippen LogP contribution in [-0.2, 0) is 0 Å². The minimum Gasteiger partial charge on any atom is -0.491 e. The molecule has 0 bridgehead atoms. The van der Waals surface area contributed by atoms with Crippen molar-refractivity contribution >= 4 is 17.5 Å². The molecule has 1 aliphatic rings. The number of amides is 1. The zero-order valence-electron chi connectivity index (χ0n) is 10.1. The van der Waals surface area contributed by atoms with Gasteiger partial charge in [0.05, 0.1) is 11.1 Å². The molecular weight excluding hydrogens is 252 g/mol. The second-order valence-electron chi connectivity index (χ2n) is 4.86. The molecule has 0 radical (unpaired) electrons. The molecule has 1 aromatic rings. The Morgan fingerprint density at radius 1 is 1.39 bits per heavy atom. The van der Waals surface area contributed by atoms with E-state index in [4.69, 9.17) is 27.8 Å². The predicted octanol–water partition coefficient (Wildman–Crippen LogP) is 2.09. The first-order valence-electron chi connectivity index (χ1n) is 6.01. The van der Waals surface area contributed by atoms with Gasteiger partial charge in [-0.05, 0) is 31.0 Å². The number of benzene rings is 1. The van der Waals surface area contributed by atoms with Crippen LogP contribution < -0.4 is 16.2 Å². The third kappa shape index (κ3) is 2.94. The highest BCUT2D eigenvalue weighted by Gasteiger charge is 2.30. The molecule has 0 aromatic heterocycles. The average Bonchev–Trinajstić information content (AvgIpc) is 2.75. The Labute approximate surface area is 111 Å². The topological polar surface area (TPSA) is 78.3 Å². The van der Waals surface area contributed by atoms with E-state index in [0.29, 0.717) is 22.9 Å². The Kier molecular flexibility index (Phi) is 3.78. The summed E-state index contributed by atoms with van der Waals surface area (Å²) < 4.78 is 5.66. The molecule has 18 heavy (non-hydrogen) atoms. The molecule has 1 saturated carbocycles. The lowest BCUT2D eigenvalue weighted by atomic mass is 10.0. The molecule has 4 N–H and O–H groups in total. The number of rotatable bonds is 4. The monoisotopic (exact) mass is 268 g/mol. The Bertz CT molecular complexity index is 456. The van der Waals surface area contributed by atoms with Crippen LogP contribution in [-0.4, -0.2) is 18.1 Å². The standard InChI is InChI=1S/C13H17ClN2O2/c14-9-3-4-11(10(7-9)12(15)17)18-8-13(16)5-1-2-6-13/h3-4,7H,1-2,5-6,8,16H2,(H2,15,17). The van der Waals surface area contributed by atoms with E-state index in [-0.39, 0.29) is 5.54 Å². The highest BCUT2D eigenvalue weighted by atomic mass is 35.5. The van der Waals surface area contributed by atoms with Gasteiger partial charge in [0.1, 0.15) is 12.4 Å². The fourth-order valence-corrected chi connectivity index (χ4v) is 2.44. The zero-order chi connectivity index (χ0) is 13.2. The van der Waals surface area contributed by atoms with E-state index in [9.17, 15) is 4.79 Å². The number of nitrogens with two attached hydrogens (primary N) is 2. The molecule has 2 rings (SSSR count). The number of hydrogen-bond donors (Lipinski definition) is 2. The summed E-state index contributed by atoms with van der Waals surface area (Å²) in [4.78, 5) is 11.3. The van der Waals surface area contributed by atoms with Crippen LogP contribution in [0.25, 0.3) is 0 Å². The van der Waals surface area contributed by atoms with Gasteiger partial charge in [0.15, 0.2) is 0 Å². The van der Waals surface area contributed by atoms with Crippen molar-refractivity contribution in [3.05, 3.63) is 28.8 Å². The Balaban J connectivity index is 2.11. The molecule has 0 atom stereocenters. The third-order valence-electron chi connectivity index (χ3n) is 3.32. The van der Waals surface area contributed by atoms with E-state index in [1.807, 2.05) is 0 Å². The van der Waals surface area contributed by atoms with Gasteiger partial charge >= 0.3 is 0 Å². The first-order valence-corrected chi connectivity index (χ1v) is 6.39. The molecular formula is C13H17ClN2O2. The van der Waals surface area contributed by atoms with Gasteiger partial charge in [0.25, 0.3) is 5.91 Å². The smallest absolute Gasteiger partial charge is 0.252 e. The maximum Gasteiger partial charge on any atom is 0.252 e. The number of hydrogen-bond acceptors (Lipinski definition) is 3. The van der Waals surface area contributed by atoms with Gasteiger partial charge in [-0.15, -0.1) is 0 Å². The molecule has 1 amide bonds. The SMILES string of the molecule is NC(=O)c1cc(Cl)ccc1OCC1(N)CCCC1. The van der Waals surface area contributed by atoms with Gasteiger partial charge < -0.3 is 16.2 Å². The third-order valence-corrected chi connectivity index (χ3v) is 3.56. The number of halogens is 1. The molecule has 0 saturated heterocycles. The van der Waals surface area contributed by atoms with Gasteiger partial charge in [-0.1, -0.05) is 24.4 Å². The van der Waals surface area contributed by atoms with Crippen LogP contribution in [0.3, 0.4) is 0 Å². The Hall–Kier alpha value is -1.26. The lowest BCUT2D eigenvalue weighted by Crippen LogP contribution is -2.42. The molecule has 1 aliphatic carbocycles. The van der Waals surface area contributed by atoms with Crippen molar-refractivity contribution in [3.8, 4) is 5.75 Å². The summed E-state index contributed by atoms with van der Waals surface area (Å²) in [5.41, 5.74) is 11.5. The molecule has 5 heteroatoms. The van der Waals surface area contributed by atoms with E-state index < -0.39 is 5.91 Å². The molecule has 0 unspecified atom stereocenters. The summed E-state index contributed by atoms with van der Waals surface area (Å²) in [5.74, 6) is -0.103. The zero-order valence-corrected chi connectivity index (χ0v) is 10.9. The Morgan fingerprint density at radius 3 is 2.67 bits per heavy atom. The molecule has 0 aliphatic heterocycles.